The SMILES string of the molecule is CCCOC(=O)Nc1ccc(N2CCC[C@@]3(CCN(c4ccccc4Cl)C3=O)C2)nc1. The number of hydrogen-bond donors (Lipinski definition) is 1. The van der Waals surface area contributed by atoms with E-state index in [0.717, 1.165) is 43.7 Å². The summed E-state index contributed by atoms with van der Waals surface area (Å²) in [7, 11) is 0. The maximum atomic E-state index is 13.4. The maximum absolute atomic E-state index is 13.4. The standard InChI is InChI=1S/C23H27ClN4O3/c1-2-14-31-22(30)26-17-8-9-20(25-15-17)27-12-5-10-23(16-27)11-13-28(21(23)29)19-7-4-3-6-18(19)24/h3-4,6-9,15H,2,5,10-14,16H2,1H3,(H,26,30)/t23-/m1/s1. The Kier molecular flexibility index (Phi) is 6.32. The van der Waals surface area contributed by atoms with Crippen LogP contribution in [0.15, 0.2) is 42.6 Å². The number of carbonyl (C=O) groups is 2. The van der Waals surface area contributed by atoms with E-state index < -0.39 is 11.5 Å². The van der Waals surface area contributed by atoms with Gasteiger partial charge < -0.3 is 14.5 Å². The van der Waals surface area contributed by atoms with E-state index in [1.54, 1.807) is 6.20 Å². The van der Waals surface area contributed by atoms with Gasteiger partial charge in [0.15, 0.2) is 0 Å². The summed E-state index contributed by atoms with van der Waals surface area (Å²) >= 11 is 6.35. The first-order valence-electron chi connectivity index (χ1n) is 10.7. The highest BCUT2D eigenvalue weighted by Crippen LogP contribution is 2.43. The molecule has 0 saturated carbocycles. The zero-order valence-electron chi connectivity index (χ0n) is 17.6. The lowest BCUT2D eigenvalue weighted by molar-refractivity contribution is -0.126. The van der Waals surface area contributed by atoms with Crippen molar-refractivity contribution in [2.24, 2.45) is 5.41 Å². The number of carbonyl (C=O) groups excluding carboxylic acids is 2. The number of para-hydroxylation sites is 1. The molecular weight excluding hydrogens is 416 g/mol. The molecule has 1 aromatic carbocycles. The van der Waals surface area contributed by atoms with E-state index in [-0.39, 0.29) is 5.91 Å². The van der Waals surface area contributed by atoms with Gasteiger partial charge in [-0.1, -0.05) is 30.7 Å². The fourth-order valence-corrected chi connectivity index (χ4v) is 4.66. The molecule has 31 heavy (non-hydrogen) atoms. The number of benzene rings is 1. The number of ether oxygens (including phenoxy) is 1. The summed E-state index contributed by atoms with van der Waals surface area (Å²) in [6.45, 7) is 4.47. The normalized spacial score (nSPS) is 20.9. The molecule has 0 bridgehead atoms. The van der Waals surface area contributed by atoms with E-state index >= 15 is 0 Å². The summed E-state index contributed by atoms with van der Waals surface area (Å²) < 4.78 is 5.03. The fraction of sp³-hybridized carbons (Fsp3) is 0.435. The maximum Gasteiger partial charge on any atom is 0.411 e. The molecule has 4 rings (SSSR count). The minimum Gasteiger partial charge on any atom is -0.449 e. The number of piperidine rings is 1. The Labute approximate surface area is 187 Å². The van der Waals surface area contributed by atoms with Crippen LogP contribution in [0.4, 0.5) is 22.0 Å². The Hall–Kier alpha value is -2.80. The van der Waals surface area contributed by atoms with Crippen LogP contribution in [0, 0.1) is 5.41 Å². The largest absolute Gasteiger partial charge is 0.449 e. The van der Waals surface area contributed by atoms with Crippen molar-refractivity contribution in [1.82, 2.24) is 4.98 Å². The smallest absolute Gasteiger partial charge is 0.411 e. The Morgan fingerprint density at radius 2 is 2.06 bits per heavy atom. The van der Waals surface area contributed by atoms with Crippen LogP contribution in [0.2, 0.25) is 5.02 Å². The van der Waals surface area contributed by atoms with Gasteiger partial charge in [-0.2, -0.15) is 0 Å². The molecule has 1 aromatic heterocycles. The summed E-state index contributed by atoms with van der Waals surface area (Å²) in [5.41, 5.74) is 0.949. The highest BCUT2D eigenvalue weighted by Gasteiger charge is 2.49. The Bertz CT molecular complexity index is 952. The van der Waals surface area contributed by atoms with Crippen LogP contribution < -0.4 is 15.1 Å². The van der Waals surface area contributed by atoms with Gasteiger partial charge in [-0.15, -0.1) is 0 Å². The molecular formula is C23H27ClN4O3. The average molecular weight is 443 g/mol. The second-order valence-electron chi connectivity index (χ2n) is 8.13. The number of hydrogen-bond acceptors (Lipinski definition) is 5. The molecule has 0 radical (unpaired) electrons. The van der Waals surface area contributed by atoms with E-state index in [1.165, 1.54) is 0 Å². The van der Waals surface area contributed by atoms with Gasteiger partial charge in [-0.25, -0.2) is 9.78 Å². The molecule has 2 aliphatic heterocycles. The van der Waals surface area contributed by atoms with Crippen molar-refractivity contribution in [3.05, 3.63) is 47.6 Å². The zero-order chi connectivity index (χ0) is 21.8. The van der Waals surface area contributed by atoms with Crippen LogP contribution in [0.3, 0.4) is 0 Å². The van der Waals surface area contributed by atoms with Crippen molar-refractivity contribution in [3.8, 4) is 0 Å². The predicted octanol–water partition coefficient (Wildman–Crippen LogP) is 4.72. The number of halogens is 1. The third-order valence-corrected chi connectivity index (χ3v) is 6.31. The van der Waals surface area contributed by atoms with E-state index in [9.17, 15) is 9.59 Å². The van der Waals surface area contributed by atoms with Crippen molar-refractivity contribution in [1.29, 1.82) is 0 Å². The molecule has 7 nitrogen and oxygen atoms in total. The molecule has 1 atom stereocenters. The molecule has 2 fully saturated rings. The minimum atomic E-state index is -0.482. The second-order valence-corrected chi connectivity index (χ2v) is 8.54. The van der Waals surface area contributed by atoms with Gasteiger partial charge in [0, 0.05) is 19.6 Å². The molecule has 3 heterocycles. The lowest BCUT2D eigenvalue weighted by atomic mass is 9.78. The van der Waals surface area contributed by atoms with E-state index in [4.69, 9.17) is 16.3 Å². The van der Waals surface area contributed by atoms with Crippen LogP contribution >= 0.6 is 11.6 Å². The van der Waals surface area contributed by atoms with E-state index in [2.05, 4.69) is 15.2 Å². The third-order valence-electron chi connectivity index (χ3n) is 5.99. The van der Waals surface area contributed by atoms with Crippen molar-refractivity contribution in [2.45, 2.75) is 32.6 Å². The van der Waals surface area contributed by atoms with Gasteiger partial charge in [0.1, 0.15) is 5.82 Å². The molecule has 2 saturated heterocycles. The quantitative estimate of drug-likeness (QED) is 0.725. The number of anilines is 3. The topological polar surface area (TPSA) is 74.8 Å². The van der Waals surface area contributed by atoms with E-state index in [0.29, 0.717) is 30.4 Å². The van der Waals surface area contributed by atoms with Gasteiger partial charge in [-0.3, -0.25) is 10.1 Å². The summed E-state index contributed by atoms with van der Waals surface area (Å²) in [6, 6.07) is 11.2. The van der Waals surface area contributed by atoms with Gasteiger partial charge >= 0.3 is 6.09 Å². The summed E-state index contributed by atoms with van der Waals surface area (Å²) in [6.07, 6.45) is 4.50. The third kappa shape index (κ3) is 4.46. The van der Waals surface area contributed by atoms with Crippen molar-refractivity contribution >= 4 is 40.8 Å². The van der Waals surface area contributed by atoms with Gasteiger partial charge in [0.2, 0.25) is 5.91 Å². The van der Waals surface area contributed by atoms with Crippen LogP contribution in [-0.2, 0) is 9.53 Å². The monoisotopic (exact) mass is 442 g/mol. The first-order valence-corrected chi connectivity index (χ1v) is 11.1. The molecule has 164 valence electrons. The Morgan fingerprint density at radius 3 is 2.81 bits per heavy atom. The van der Waals surface area contributed by atoms with Crippen LogP contribution in [-0.4, -0.2) is 43.2 Å². The first kappa shape index (κ1) is 21.4. The number of nitrogens with zero attached hydrogens (tertiary/aromatic N) is 3. The Morgan fingerprint density at radius 1 is 1.23 bits per heavy atom. The van der Waals surface area contributed by atoms with Gasteiger partial charge in [0.05, 0.1) is 34.6 Å². The average Bonchev–Trinajstić information content (AvgIpc) is 3.08. The van der Waals surface area contributed by atoms with Crippen molar-refractivity contribution in [2.75, 3.05) is 41.4 Å². The number of pyridine rings is 1. The first-order chi connectivity index (χ1) is 15.0. The molecule has 0 unspecified atom stereocenters. The highest BCUT2D eigenvalue weighted by molar-refractivity contribution is 6.34. The van der Waals surface area contributed by atoms with Crippen LogP contribution in [0.5, 0.6) is 0 Å². The molecule has 1 N–H and O–H groups in total. The Balaban J connectivity index is 1.44. The lowest BCUT2D eigenvalue weighted by Crippen LogP contribution is -2.48. The molecule has 2 aromatic rings. The number of rotatable bonds is 5. The molecule has 2 amide bonds. The van der Waals surface area contributed by atoms with Crippen molar-refractivity contribution in [3.63, 3.8) is 0 Å². The van der Waals surface area contributed by atoms with Gasteiger partial charge in [0.25, 0.3) is 0 Å². The van der Waals surface area contributed by atoms with Crippen LogP contribution in [0.1, 0.15) is 32.6 Å². The summed E-state index contributed by atoms with van der Waals surface area (Å²) in [5.74, 6) is 0.942. The van der Waals surface area contributed by atoms with Gasteiger partial charge in [-0.05, 0) is 49.9 Å². The van der Waals surface area contributed by atoms with Crippen LogP contribution in [0.25, 0.3) is 0 Å². The number of nitrogens with one attached hydrogen (secondary N) is 1. The lowest BCUT2D eigenvalue weighted by Gasteiger charge is -2.39. The fourth-order valence-electron chi connectivity index (χ4n) is 4.42. The molecule has 1 spiro atoms. The number of amides is 2. The molecule has 2 aliphatic rings. The molecule has 8 heteroatoms. The minimum absolute atomic E-state index is 0.141. The second kappa shape index (κ2) is 9.14. The predicted molar refractivity (Wildman–Crippen MR) is 122 cm³/mol. The van der Waals surface area contributed by atoms with Crippen molar-refractivity contribution < 1.29 is 14.3 Å². The highest BCUT2D eigenvalue weighted by atomic mass is 35.5. The number of aromatic nitrogens is 1. The molecule has 0 aliphatic carbocycles. The zero-order valence-corrected chi connectivity index (χ0v) is 18.4. The summed E-state index contributed by atoms with van der Waals surface area (Å²) in [4.78, 5) is 33.7. The summed E-state index contributed by atoms with van der Waals surface area (Å²) in [5, 5.41) is 3.28. The van der Waals surface area contributed by atoms with E-state index in [1.807, 2.05) is 48.2 Å².